The second kappa shape index (κ2) is 46.8. The summed E-state index contributed by atoms with van der Waals surface area (Å²) in [4.78, 5) is 12.5. The predicted octanol–water partition coefficient (Wildman–Crippen LogP) is 15.2. The van der Waals surface area contributed by atoms with Gasteiger partial charge >= 0.3 is 0 Å². The van der Waals surface area contributed by atoms with Gasteiger partial charge in [-0.05, 0) is 19.3 Å². The van der Waals surface area contributed by atoms with Crippen molar-refractivity contribution in [3.05, 3.63) is 12.2 Å². The molecule has 5 nitrogen and oxygen atoms in total. The second-order valence-electron chi connectivity index (χ2n) is 17.8. The summed E-state index contributed by atoms with van der Waals surface area (Å²) < 4.78 is 0. The number of carbonyl (C=O) groups excluding carboxylic acids is 1. The van der Waals surface area contributed by atoms with Crippen LogP contribution in [0.3, 0.4) is 0 Å². The first-order valence-corrected chi connectivity index (χ1v) is 25.5. The van der Waals surface area contributed by atoms with E-state index in [-0.39, 0.29) is 18.9 Å². The lowest BCUT2D eigenvalue weighted by Gasteiger charge is -2.21. The minimum Gasteiger partial charge on any atom is -0.394 e. The fourth-order valence-electron chi connectivity index (χ4n) is 8.17. The van der Waals surface area contributed by atoms with Gasteiger partial charge in [-0.15, -0.1) is 0 Å². The Morgan fingerprint density at radius 2 is 0.732 bits per heavy atom. The molecule has 0 saturated carbocycles. The van der Waals surface area contributed by atoms with Crippen molar-refractivity contribution in [2.24, 2.45) is 0 Å². The van der Waals surface area contributed by atoms with Gasteiger partial charge in [-0.25, -0.2) is 0 Å². The summed E-state index contributed by atoms with van der Waals surface area (Å²) >= 11 is 0. The van der Waals surface area contributed by atoms with E-state index in [0.717, 1.165) is 25.7 Å². The lowest BCUT2D eigenvalue weighted by Crippen LogP contribution is -2.45. The molecule has 0 fully saturated rings. The highest BCUT2D eigenvalue weighted by molar-refractivity contribution is 5.76. The number of rotatable bonds is 47. The van der Waals surface area contributed by atoms with Gasteiger partial charge in [-0.2, -0.15) is 0 Å². The number of aliphatic hydroxyl groups excluding tert-OH is 3. The van der Waals surface area contributed by atoms with E-state index in [1.54, 1.807) is 6.08 Å². The second-order valence-corrected chi connectivity index (χ2v) is 17.8. The van der Waals surface area contributed by atoms with E-state index in [2.05, 4.69) is 19.2 Å². The van der Waals surface area contributed by atoms with Gasteiger partial charge in [0, 0.05) is 0 Å². The molecular weight excluding hydrogens is 691 g/mol. The van der Waals surface area contributed by atoms with Crippen LogP contribution in [0.2, 0.25) is 0 Å². The molecule has 334 valence electrons. The van der Waals surface area contributed by atoms with E-state index < -0.39 is 18.2 Å². The van der Waals surface area contributed by atoms with Gasteiger partial charge in [0.1, 0.15) is 0 Å². The Kier molecular flexibility index (Phi) is 46.0. The Morgan fingerprint density at radius 1 is 0.446 bits per heavy atom. The molecule has 0 heterocycles. The highest BCUT2D eigenvalue weighted by Gasteiger charge is 2.20. The van der Waals surface area contributed by atoms with Crippen LogP contribution in [-0.2, 0) is 4.79 Å². The van der Waals surface area contributed by atoms with E-state index in [1.807, 2.05) is 6.08 Å². The minimum atomic E-state index is -0.925. The van der Waals surface area contributed by atoms with Gasteiger partial charge in [0.15, 0.2) is 0 Å². The van der Waals surface area contributed by atoms with Crippen molar-refractivity contribution >= 4 is 5.91 Å². The van der Waals surface area contributed by atoms with Crippen LogP contribution in [0.25, 0.3) is 0 Å². The number of unbranched alkanes of at least 4 members (excludes halogenated alkanes) is 38. The quantitative estimate of drug-likeness (QED) is 0.0365. The average Bonchev–Trinajstić information content (AvgIpc) is 3.19. The van der Waals surface area contributed by atoms with Gasteiger partial charge < -0.3 is 20.6 Å². The fraction of sp³-hybridized carbons (Fsp3) is 0.941. The smallest absolute Gasteiger partial charge is 0.222 e. The van der Waals surface area contributed by atoms with Crippen molar-refractivity contribution in [1.29, 1.82) is 0 Å². The third-order valence-corrected chi connectivity index (χ3v) is 12.1. The Labute approximate surface area is 350 Å². The molecule has 0 rings (SSSR count). The standard InChI is InChI=1S/C51H101NO4/c1-3-5-7-9-11-13-15-17-19-21-23-24-25-26-27-29-31-33-35-37-39-41-43-45-50(55)49(47-53)52-51(56)46-48(54)44-42-40-38-36-34-32-30-28-22-20-18-16-14-12-10-8-6-4-2/h43,45,48-50,53-55H,3-42,44,46-47H2,1-2H3,(H,52,56)/b45-43+. The maximum atomic E-state index is 12.5. The predicted molar refractivity (Wildman–Crippen MR) is 245 cm³/mol. The number of aliphatic hydroxyl groups is 3. The van der Waals surface area contributed by atoms with Crippen LogP contribution in [0.4, 0.5) is 0 Å². The SMILES string of the molecule is CCCCCCCCCCCCCCCCCCCCCCC/C=C/C(O)C(CO)NC(=O)CC(O)CCCCCCCCCCCCCCCCCCCC. The van der Waals surface area contributed by atoms with Crippen LogP contribution in [0, 0.1) is 0 Å². The number of hydrogen-bond acceptors (Lipinski definition) is 4. The number of hydrogen-bond donors (Lipinski definition) is 4. The maximum absolute atomic E-state index is 12.5. The average molecular weight is 792 g/mol. The molecule has 0 aliphatic carbocycles. The van der Waals surface area contributed by atoms with Crippen molar-refractivity contribution in [1.82, 2.24) is 5.32 Å². The highest BCUT2D eigenvalue weighted by Crippen LogP contribution is 2.17. The third-order valence-electron chi connectivity index (χ3n) is 12.1. The molecule has 3 atom stereocenters. The monoisotopic (exact) mass is 792 g/mol. The Bertz CT molecular complexity index is 788. The minimum absolute atomic E-state index is 0.0192. The largest absolute Gasteiger partial charge is 0.394 e. The van der Waals surface area contributed by atoms with E-state index in [0.29, 0.717) is 6.42 Å². The summed E-state index contributed by atoms with van der Waals surface area (Å²) in [5.41, 5.74) is 0. The van der Waals surface area contributed by atoms with Crippen molar-refractivity contribution in [3.8, 4) is 0 Å². The van der Waals surface area contributed by atoms with Crippen LogP contribution in [0.5, 0.6) is 0 Å². The zero-order valence-corrected chi connectivity index (χ0v) is 38.0. The molecule has 0 radical (unpaired) electrons. The van der Waals surface area contributed by atoms with E-state index in [1.165, 1.54) is 231 Å². The summed E-state index contributed by atoms with van der Waals surface area (Å²) in [5, 5.41) is 33.4. The molecule has 0 aromatic heterocycles. The molecule has 0 aromatic carbocycles. The van der Waals surface area contributed by atoms with E-state index in [4.69, 9.17) is 0 Å². The van der Waals surface area contributed by atoms with Crippen LogP contribution < -0.4 is 5.32 Å². The zero-order valence-electron chi connectivity index (χ0n) is 38.0. The van der Waals surface area contributed by atoms with Crippen LogP contribution in [0.1, 0.15) is 284 Å². The summed E-state index contributed by atoms with van der Waals surface area (Å²) in [6.45, 7) is 4.25. The van der Waals surface area contributed by atoms with Gasteiger partial charge in [0.25, 0.3) is 0 Å². The van der Waals surface area contributed by atoms with Crippen molar-refractivity contribution in [2.45, 2.75) is 302 Å². The number of amides is 1. The molecule has 4 N–H and O–H groups in total. The zero-order chi connectivity index (χ0) is 40.8. The molecule has 0 aromatic rings. The van der Waals surface area contributed by atoms with Crippen LogP contribution >= 0.6 is 0 Å². The number of allylic oxidation sites excluding steroid dienone is 1. The summed E-state index contributed by atoms with van der Waals surface area (Å²) in [6.07, 6.45) is 56.6. The lowest BCUT2D eigenvalue weighted by atomic mass is 10.0. The van der Waals surface area contributed by atoms with Crippen LogP contribution in [0.15, 0.2) is 12.2 Å². The molecule has 0 aliphatic heterocycles. The van der Waals surface area contributed by atoms with Gasteiger partial charge in [0.05, 0.1) is 31.3 Å². The van der Waals surface area contributed by atoms with Gasteiger partial charge in [-0.3, -0.25) is 4.79 Å². The molecule has 0 bridgehead atoms. The first-order valence-electron chi connectivity index (χ1n) is 25.5. The molecule has 1 amide bonds. The summed E-state index contributed by atoms with van der Waals surface area (Å²) in [7, 11) is 0. The first-order chi connectivity index (χ1) is 27.5. The van der Waals surface area contributed by atoms with E-state index >= 15 is 0 Å². The molecule has 0 aliphatic rings. The molecule has 5 heteroatoms. The summed E-state index contributed by atoms with van der Waals surface area (Å²) in [5.74, 6) is -0.309. The fourth-order valence-corrected chi connectivity index (χ4v) is 8.17. The molecule has 3 unspecified atom stereocenters. The highest BCUT2D eigenvalue weighted by atomic mass is 16.3. The number of nitrogens with one attached hydrogen (secondary N) is 1. The van der Waals surface area contributed by atoms with Crippen LogP contribution in [-0.4, -0.2) is 46.1 Å². The van der Waals surface area contributed by atoms with Gasteiger partial charge in [0.2, 0.25) is 5.91 Å². The number of carbonyl (C=O) groups is 1. The lowest BCUT2D eigenvalue weighted by molar-refractivity contribution is -0.124. The van der Waals surface area contributed by atoms with Crippen molar-refractivity contribution in [3.63, 3.8) is 0 Å². The summed E-state index contributed by atoms with van der Waals surface area (Å²) in [6, 6.07) is -0.740. The van der Waals surface area contributed by atoms with Crippen molar-refractivity contribution in [2.75, 3.05) is 6.61 Å². The topological polar surface area (TPSA) is 89.8 Å². The molecule has 0 spiro atoms. The molecular formula is C51H101NO4. The normalized spacial score (nSPS) is 13.4. The Hall–Kier alpha value is -0.910. The first kappa shape index (κ1) is 55.1. The maximum Gasteiger partial charge on any atom is 0.222 e. The Morgan fingerprint density at radius 3 is 1.04 bits per heavy atom. The third kappa shape index (κ3) is 42.7. The molecule has 56 heavy (non-hydrogen) atoms. The molecule has 0 saturated heterocycles. The van der Waals surface area contributed by atoms with Gasteiger partial charge in [-0.1, -0.05) is 270 Å². The van der Waals surface area contributed by atoms with E-state index in [9.17, 15) is 20.1 Å². The Balaban J connectivity index is 3.58. The van der Waals surface area contributed by atoms with Crippen molar-refractivity contribution < 1.29 is 20.1 Å².